The van der Waals surface area contributed by atoms with Gasteiger partial charge in [0.15, 0.2) is 0 Å². The summed E-state index contributed by atoms with van der Waals surface area (Å²) in [5.74, 6) is -0.369. The van der Waals surface area contributed by atoms with E-state index < -0.39 is 5.54 Å². The van der Waals surface area contributed by atoms with E-state index in [4.69, 9.17) is 4.74 Å². The van der Waals surface area contributed by atoms with Crippen molar-refractivity contribution in [1.29, 1.82) is 0 Å². The van der Waals surface area contributed by atoms with Gasteiger partial charge in [-0.1, -0.05) is 42.5 Å². The van der Waals surface area contributed by atoms with Crippen LogP contribution in [0.5, 0.6) is 0 Å². The van der Waals surface area contributed by atoms with Crippen LogP contribution in [-0.2, 0) is 27.2 Å². The summed E-state index contributed by atoms with van der Waals surface area (Å²) in [5.41, 5.74) is 2.41. The fourth-order valence-electron chi connectivity index (χ4n) is 5.73. The highest BCUT2D eigenvalue weighted by Gasteiger charge is 2.54. The Morgan fingerprint density at radius 1 is 1.06 bits per heavy atom. The lowest BCUT2D eigenvalue weighted by atomic mass is 9.84. The van der Waals surface area contributed by atoms with Crippen molar-refractivity contribution in [3.63, 3.8) is 0 Å². The van der Waals surface area contributed by atoms with Crippen LogP contribution in [0.1, 0.15) is 37.3 Å². The Hall–Kier alpha value is -2.73. The minimum atomic E-state index is -0.686. The predicted molar refractivity (Wildman–Crippen MR) is 115 cm³/mol. The van der Waals surface area contributed by atoms with Gasteiger partial charge in [0.2, 0.25) is 11.8 Å². The molecule has 2 saturated heterocycles. The average molecular weight is 423 g/mol. The van der Waals surface area contributed by atoms with E-state index in [0.29, 0.717) is 49.8 Å². The Kier molecular flexibility index (Phi) is 5.05. The fourth-order valence-corrected chi connectivity index (χ4v) is 5.73. The number of rotatable bonds is 0. The van der Waals surface area contributed by atoms with E-state index in [1.54, 1.807) is 6.07 Å². The number of aryl methyl sites for hydroxylation is 1. The van der Waals surface area contributed by atoms with Crippen molar-refractivity contribution in [2.75, 3.05) is 13.2 Å². The standard InChI is InChI=1S/C25H27FN2O3/c1-16-13-25(15-31-14-22(29)27-25)21-12-18-8-4-10-20(24(18)26)19-9-3-2-6-17(19)7-5-11-23(30)28(16)21/h2-4,6,8-10,16,21H,5,7,11-15H2,1H3,(H,27,29)/t16-,21?,25?/m1/s1. The van der Waals surface area contributed by atoms with Gasteiger partial charge in [0.1, 0.15) is 12.4 Å². The molecule has 31 heavy (non-hydrogen) atoms. The molecule has 0 radical (unpaired) electrons. The van der Waals surface area contributed by atoms with Gasteiger partial charge in [-0.05, 0) is 49.3 Å². The molecule has 5 rings (SSSR count). The van der Waals surface area contributed by atoms with Crippen LogP contribution >= 0.6 is 0 Å². The third kappa shape index (κ3) is 3.43. The third-order valence-electron chi connectivity index (χ3n) is 7.01. The number of hydrogen-bond donors (Lipinski definition) is 1. The molecule has 3 aliphatic heterocycles. The number of carbonyl (C=O) groups is 2. The first-order valence-corrected chi connectivity index (χ1v) is 11.0. The lowest BCUT2D eigenvalue weighted by Gasteiger charge is -2.41. The monoisotopic (exact) mass is 422 g/mol. The fraction of sp³-hybridized carbons (Fsp3) is 0.440. The minimum absolute atomic E-state index is 0.0252. The van der Waals surface area contributed by atoms with Crippen molar-refractivity contribution in [1.82, 2.24) is 10.2 Å². The van der Waals surface area contributed by atoms with Crippen LogP contribution < -0.4 is 5.32 Å². The van der Waals surface area contributed by atoms with Crippen LogP contribution in [0.25, 0.3) is 11.1 Å². The summed E-state index contributed by atoms with van der Waals surface area (Å²) in [4.78, 5) is 27.4. The smallest absolute Gasteiger partial charge is 0.246 e. The molecular formula is C25H27FN2O3. The van der Waals surface area contributed by atoms with E-state index in [1.807, 2.05) is 48.2 Å². The lowest BCUT2D eigenvalue weighted by Crippen LogP contribution is -2.64. The second-order valence-electron chi connectivity index (χ2n) is 9.06. The molecule has 0 saturated carbocycles. The van der Waals surface area contributed by atoms with Crippen LogP contribution in [0.2, 0.25) is 0 Å². The zero-order chi connectivity index (χ0) is 21.6. The molecule has 1 spiro atoms. The van der Waals surface area contributed by atoms with E-state index in [1.165, 1.54) is 0 Å². The van der Waals surface area contributed by atoms with Gasteiger partial charge in [-0.3, -0.25) is 9.59 Å². The number of nitrogens with one attached hydrogen (secondary N) is 1. The molecule has 0 aliphatic carbocycles. The Balaban J connectivity index is 1.63. The molecule has 2 fully saturated rings. The minimum Gasteiger partial charge on any atom is -0.369 e. The first-order chi connectivity index (χ1) is 15.0. The molecule has 3 heterocycles. The van der Waals surface area contributed by atoms with E-state index in [-0.39, 0.29) is 36.3 Å². The molecule has 2 amide bonds. The van der Waals surface area contributed by atoms with Crippen molar-refractivity contribution >= 4 is 11.8 Å². The maximum atomic E-state index is 15.8. The largest absolute Gasteiger partial charge is 0.369 e. The second kappa shape index (κ2) is 7.75. The lowest BCUT2D eigenvalue weighted by molar-refractivity contribution is -0.140. The maximum absolute atomic E-state index is 15.8. The molecule has 5 nitrogen and oxygen atoms in total. The van der Waals surface area contributed by atoms with Gasteiger partial charge in [0.05, 0.1) is 18.2 Å². The quantitative estimate of drug-likeness (QED) is 0.709. The zero-order valence-electron chi connectivity index (χ0n) is 17.7. The number of carbonyl (C=O) groups excluding carboxylic acids is 2. The molecule has 2 unspecified atom stereocenters. The van der Waals surface area contributed by atoms with Crippen LogP contribution in [0.4, 0.5) is 4.39 Å². The molecule has 3 aliphatic rings. The summed E-state index contributed by atoms with van der Waals surface area (Å²) in [6.07, 6.45) is 2.78. The Labute approximate surface area is 181 Å². The molecule has 2 bridgehead atoms. The summed E-state index contributed by atoms with van der Waals surface area (Å²) in [5, 5.41) is 3.12. The third-order valence-corrected chi connectivity index (χ3v) is 7.01. The second-order valence-corrected chi connectivity index (χ2v) is 9.06. The van der Waals surface area contributed by atoms with Gasteiger partial charge >= 0.3 is 0 Å². The topological polar surface area (TPSA) is 58.6 Å². The number of morpholine rings is 1. The number of benzene rings is 2. The normalized spacial score (nSPS) is 28.4. The Morgan fingerprint density at radius 3 is 2.68 bits per heavy atom. The van der Waals surface area contributed by atoms with E-state index in [0.717, 1.165) is 11.1 Å². The van der Waals surface area contributed by atoms with Crippen molar-refractivity contribution < 1.29 is 18.7 Å². The average Bonchev–Trinajstić information content (AvgIpc) is 2.99. The number of halogens is 1. The van der Waals surface area contributed by atoms with Crippen molar-refractivity contribution in [3.05, 3.63) is 59.4 Å². The first-order valence-electron chi connectivity index (χ1n) is 11.0. The van der Waals surface area contributed by atoms with Crippen LogP contribution in [0.15, 0.2) is 42.5 Å². The molecule has 0 aromatic heterocycles. The van der Waals surface area contributed by atoms with E-state index in [2.05, 4.69) is 5.32 Å². The van der Waals surface area contributed by atoms with E-state index >= 15 is 4.39 Å². The van der Waals surface area contributed by atoms with E-state index in [9.17, 15) is 9.59 Å². The summed E-state index contributed by atoms with van der Waals surface area (Å²) >= 11 is 0. The van der Waals surface area contributed by atoms with Gasteiger partial charge in [0, 0.05) is 18.0 Å². The van der Waals surface area contributed by atoms with Gasteiger partial charge in [-0.25, -0.2) is 4.39 Å². The predicted octanol–water partition coefficient (Wildman–Crippen LogP) is 3.25. The Bertz CT molecular complexity index is 1040. The summed E-state index contributed by atoms with van der Waals surface area (Å²) < 4.78 is 21.4. The van der Waals surface area contributed by atoms with Crippen molar-refractivity contribution in [2.45, 2.75) is 56.7 Å². The maximum Gasteiger partial charge on any atom is 0.246 e. The Morgan fingerprint density at radius 2 is 1.84 bits per heavy atom. The highest BCUT2D eigenvalue weighted by Crippen LogP contribution is 2.39. The highest BCUT2D eigenvalue weighted by molar-refractivity contribution is 5.81. The molecule has 2 aromatic rings. The SMILES string of the molecule is C[C@@H]1CC2(COCC(=O)N2)C2Cc3cccc(c3F)-c3ccccc3CCCC(=O)N21. The summed E-state index contributed by atoms with van der Waals surface area (Å²) in [7, 11) is 0. The van der Waals surface area contributed by atoms with Crippen LogP contribution in [-0.4, -0.2) is 47.6 Å². The number of nitrogens with zero attached hydrogens (tertiary/aromatic N) is 1. The van der Waals surface area contributed by atoms with Gasteiger partial charge in [-0.15, -0.1) is 0 Å². The van der Waals surface area contributed by atoms with Crippen molar-refractivity contribution in [2.24, 2.45) is 0 Å². The summed E-state index contributed by atoms with van der Waals surface area (Å²) in [6, 6.07) is 12.9. The molecule has 162 valence electrons. The molecule has 6 heteroatoms. The molecule has 3 atom stereocenters. The van der Waals surface area contributed by atoms with Crippen LogP contribution in [0, 0.1) is 5.82 Å². The van der Waals surface area contributed by atoms with Gasteiger partial charge in [0.25, 0.3) is 0 Å². The number of ether oxygens (including phenoxy) is 1. The number of amides is 2. The molecular weight excluding hydrogens is 395 g/mol. The summed E-state index contributed by atoms with van der Waals surface area (Å²) in [6.45, 7) is 2.37. The van der Waals surface area contributed by atoms with Crippen LogP contribution in [0.3, 0.4) is 0 Å². The number of fused-ring (bicyclic) bond motifs is 6. The molecule has 2 aromatic carbocycles. The van der Waals surface area contributed by atoms with Crippen molar-refractivity contribution in [3.8, 4) is 11.1 Å². The zero-order valence-corrected chi connectivity index (χ0v) is 17.7. The highest BCUT2D eigenvalue weighted by atomic mass is 19.1. The van der Waals surface area contributed by atoms with Gasteiger partial charge < -0.3 is 15.0 Å². The van der Waals surface area contributed by atoms with Gasteiger partial charge in [-0.2, -0.15) is 0 Å². The first kappa shape index (κ1) is 20.2. The molecule has 1 N–H and O–H groups in total. The number of hydrogen-bond acceptors (Lipinski definition) is 3.